The summed E-state index contributed by atoms with van der Waals surface area (Å²) in [5, 5.41) is 11.2. The number of hydrogen-bond acceptors (Lipinski definition) is 5. The molecule has 0 amide bonds. The predicted molar refractivity (Wildman–Crippen MR) is 76.3 cm³/mol. The zero-order chi connectivity index (χ0) is 14.5. The zero-order valence-electron chi connectivity index (χ0n) is 12.4. The molecule has 20 heavy (non-hydrogen) atoms. The second kappa shape index (κ2) is 6.47. The van der Waals surface area contributed by atoms with Crippen LogP contribution in [0.2, 0.25) is 0 Å². The van der Waals surface area contributed by atoms with Crippen LogP contribution in [0.15, 0.2) is 18.5 Å². The first-order valence-electron chi connectivity index (χ1n) is 6.72. The quantitative estimate of drug-likeness (QED) is 0.867. The van der Waals surface area contributed by atoms with Gasteiger partial charge in [-0.1, -0.05) is 13.8 Å². The molecule has 0 saturated carbocycles. The Labute approximate surface area is 119 Å². The van der Waals surface area contributed by atoms with Gasteiger partial charge < -0.3 is 14.6 Å². The summed E-state index contributed by atoms with van der Waals surface area (Å²) in [5.41, 5.74) is 1.90. The van der Waals surface area contributed by atoms with Gasteiger partial charge in [0.15, 0.2) is 5.82 Å². The molecule has 108 valence electrons. The predicted octanol–water partition coefficient (Wildman–Crippen LogP) is 1.60. The van der Waals surface area contributed by atoms with E-state index in [4.69, 9.17) is 4.74 Å². The maximum absolute atomic E-state index is 5.82. The van der Waals surface area contributed by atoms with Gasteiger partial charge in [0.2, 0.25) is 0 Å². The molecule has 6 heteroatoms. The van der Waals surface area contributed by atoms with E-state index in [0.717, 1.165) is 23.0 Å². The molecular weight excluding hydrogens is 254 g/mol. The molecule has 2 rings (SSSR count). The van der Waals surface area contributed by atoms with E-state index in [1.54, 1.807) is 6.33 Å². The third-order valence-corrected chi connectivity index (χ3v) is 2.91. The molecule has 1 N–H and O–H groups in total. The van der Waals surface area contributed by atoms with Crippen LogP contribution in [-0.4, -0.2) is 25.8 Å². The van der Waals surface area contributed by atoms with Crippen LogP contribution >= 0.6 is 0 Å². The van der Waals surface area contributed by atoms with Crippen molar-refractivity contribution in [2.75, 3.05) is 0 Å². The third-order valence-electron chi connectivity index (χ3n) is 2.91. The second-order valence-electron chi connectivity index (χ2n) is 5.08. The normalized spacial score (nSPS) is 11.1. The van der Waals surface area contributed by atoms with Crippen LogP contribution in [0.3, 0.4) is 0 Å². The maximum atomic E-state index is 5.82. The molecule has 0 aromatic carbocycles. The first-order chi connectivity index (χ1) is 9.56. The summed E-state index contributed by atoms with van der Waals surface area (Å²) in [6.45, 7) is 7.26. The largest absolute Gasteiger partial charge is 0.484 e. The minimum atomic E-state index is 0.385. The standard InChI is InChI=1S/C14H21N5O/c1-10(2)15-7-12-13(6-5-11(3)17-12)20-8-14-18-16-9-19(14)4/h5-6,9-10,15H,7-8H2,1-4H3. The highest BCUT2D eigenvalue weighted by Crippen LogP contribution is 2.18. The molecule has 0 fully saturated rings. The molecule has 6 nitrogen and oxygen atoms in total. The third kappa shape index (κ3) is 3.77. The Morgan fingerprint density at radius 3 is 2.80 bits per heavy atom. The monoisotopic (exact) mass is 275 g/mol. The van der Waals surface area contributed by atoms with Crippen LogP contribution in [0.25, 0.3) is 0 Å². The summed E-state index contributed by atoms with van der Waals surface area (Å²) in [5.74, 6) is 1.57. The van der Waals surface area contributed by atoms with E-state index >= 15 is 0 Å². The van der Waals surface area contributed by atoms with Crippen LogP contribution in [0.4, 0.5) is 0 Å². The van der Waals surface area contributed by atoms with Crippen molar-refractivity contribution >= 4 is 0 Å². The van der Waals surface area contributed by atoms with Crippen molar-refractivity contribution in [3.8, 4) is 5.75 Å². The van der Waals surface area contributed by atoms with Crippen LogP contribution in [-0.2, 0) is 20.2 Å². The lowest BCUT2D eigenvalue weighted by molar-refractivity contribution is 0.285. The Morgan fingerprint density at radius 1 is 1.35 bits per heavy atom. The summed E-state index contributed by atoms with van der Waals surface area (Å²) in [6.07, 6.45) is 1.66. The fourth-order valence-electron chi connectivity index (χ4n) is 1.74. The minimum absolute atomic E-state index is 0.385. The maximum Gasteiger partial charge on any atom is 0.170 e. The Kier molecular flexibility index (Phi) is 4.68. The van der Waals surface area contributed by atoms with Crippen LogP contribution in [0.5, 0.6) is 5.75 Å². The molecule has 0 bridgehead atoms. The van der Waals surface area contributed by atoms with E-state index in [0.29, 0.717) is 19.2 Å². The van der Waals surface area contributed by atoms with Gasteiger partial charge in [0, 0.05) is 25.3 Å². The lowest BCUT2D eigenvalue weighted by Crippen LogP contribution is -2.23. The van der Waals surface area contributed by atoms with E-state index in [1.807, 2.05) is 30.7 Å². The summed E-state index contributed by atoms with van der Waals surface area (Å²) in [7, 11) is 1.90. The van der Waals surface area contributed by atoms with Crippen LogP contribution in [0.1, 0.15) is 31.1 Å². The first-order valence-corrected chi connectivity index (χ1v) is 6.72. The van der Waals surface area contributed by atoms with Crippen LogP contribution in [0, 0.1) is 6.92 Å². The molecule has 0 aliphatic carbocycles. The number of pyridine rings is 1. The van der Waals surface area contributed by atoms with Crippen molar-refractivity contribution in [3.63, 3.8) is 0 Å². The molecule has 0 aliphatic heterocycles. The average molecular weight is 275 g/mol. The van der Waals surface area contributed by atoms with Gasteiger partial charge in [0.25, 0.3) is 0 Å². The highest BCUT2D eigenvalue weighted by Gasteiger charge is 2.09. The van der Waals surface area contributed by atoms with Gasteiger partial charge in [-0.05, 0) is 19.1 Å². The van der Waals surface area contributed by atoms with Gasteiger partial charge in [-0.2, -0.15) is 0 Å². The Balaban J connectivity index is 2.08. The summed E-state index contributed by atoms with van der Waals surface area (Å²) >= 11 is 0. The highest BCUT2D eigenvalue weighted by atomic mass is 16.5. The van der Waals surface area contributed by atoms with Crippen molar-refractivity contribution in [2.45, 2.75) is 40.0 Å². The Bertz CT molecular complexity index is 564. The number of hydrogen-bond donors (Lipinski definition) is 1. The molecule has 2 heterocycles. The average Bonchev–Trinajstić information content (AvgIpc) is 2.81. The SMILES string of the molecule is Cc1ccc(OCc2nncn2C)c(CNC(C)C)n1. The lowest BCUT2D eigenvalue weighted by atomic mass is 10.2. The molecular formula is C14H21N5O. The molecule has 0 unspecified atom stereocenters. The van der Waals surface area contributed by atoms with Gasteiger partial charge in [0.05, 0.1) is 5.69 Å². The van der Waals surface area contributed by atoms with E-state index < -0.39 is 0 Å². The Morgan fingerprint density at radius 2 is 2.15 bits per heavy atom. The van der Waals surface area contributed by atoms with Gasteiger partial charge in [0.1, 0.15) is 18.7 Å². The summed E-state index contributed by atoms with van der Waals surface area (Å²) in [6, 6.07) is 4.31. The zero-order valence-corrected chi connectivity index (χ0v) is 12.4. The van der Waals surface area contributed by atoms with Crippen molar-refractivity contribution in [3.05, 3.63) is 35.7 Å². The van der Waals surface area contributed by atoms with E-state index in [-0.39, 0.29) is 0 Å². The number of nitrogens with zero attached hydrogens (tertiary/aromatic N) is 4. The summed E-state index contributed by atoms with van der Waals surface area (Å²) in [4.78, 5) is 4.54. The number of ether oxygens (including phenoxy) is 1. The fourth-order valence-corrected chi connectivity index (χ4v) is 1.74. The van der Waals surface area contributed by atoms with Gasteiger partial charge >= 0.3 is 0 Å². The molecule has 2 aromatic heterocycles. The van der Waals surface area contributed by atoms with Crippen LogP contribution < -0.4 is 10.1 Å². The fraction of sp³-hybridized carbons (Fsp3) is 0.500. The molecule has 0 aliphatic rings. The first kappa shape index (κ1) is 14.5. The molecule has 0 atom stereocenters. The second-order valence-corrected chi connectivity index (χ2v) is 5.08. The van der Waals surface area contributed by atoms with Crippen molar-refractivity contribution in [1.29, 1.82) is 0 Å². The molecule has 0 radical (unpaired) electrons. The van der Waals surface area contributed by atoms with Crippen molar-refractivity contribution < 1.29 is 4.74 Å². The number of aryl methyl sites for hydroxylation is 2. The van der Waals surface area contributed by atoms with E-state index in [2.05, 4.69) is 34.3 Å². The van der Waals surface area contributed by atoms with Gasteiger partial charge in [-0.15, -0.1) is 10.2 Å². The Hall–Kier alpha value is -1.95. The minimum Gasteiger partial charge on any atom is -0.484 e. The number of aromatic nitrogens is 4. The number of nitrogens with one attached hydrogen (secondary N) is 1. The number of rotatable bonds is 6. The highest BCUT2D eigenvalue weighted by molar-refractivity contribution is 5.29. The topological polar surface area (TPSA) is 64.9 Å². The molecule has 0 saturated heterocycles. The van der Waals surface area contributed by atoms with Crippen molar-refractivity contribution in [1.82, 2.24) is 25.1 Å². The molecule has 2 aromatic rings. The molecule has 0 spiro atoms. The van der Waals surface area contributed by atoms with E-state index in [1.165, 1.54) is 0 Å². The van der Waals surface area contributed by atoms with Gasteiger partial charge in [-0.3, -0.25) is 4.98 Å². The smallest absolute Gasteiger partial charge is 0.170 e. The van der Waals surface area contributed by atoms with Crippen molar-refractivity contribution in [2.24, 2.45) is 7.05 Å². The lowest BCUT2D eigenvalue weighted by Gasteiger charge is -2.13. The summed E-state index contributed by atoms with van der Waals surface area (Å²) < 4.78 is 7.66. The van der Waals surface area contributed by atoms with E-state index in [9.17, 15) is 0 Å². The van der Waals surface area contributed by atoms with Gasteiger partial charge in [-0.25, -0.2) is 0 Å².